The molecule has 3 rings (SSSR count). The fourth-order valence-corrected chi connectivity index (χ4v) is 5.03. The van der Waals surface area contributed by atoms with Crippen LogP contribution in [0.15, 0.2) is 54.6 Å². The number of rotatable bonds is 7. The summed E-state index contributed by atoms with van der Waals surface area (Å²) in [5.74, 6) is 0.191. The third-order valence-electron chi connectivity index (χ3n) is 4.83. The average Bonchev–Trinajstić information content (AvgIpc) is 2.69. The number of hydrogen-bond acceptors (Lipinski definition) is 4. The van der Waals surface area contributed by atoms with Crippen LogP contribution in [0.5, 0.6) is 5.75 Å². The van der Waals surface area contributed by atoms with Crippen LogP contribution >= 0.6 is 0 Å². The van der Waals surface area contributed by atoms with Crippen molar-refractivity contribution < 1.29 is 17.9 Å². The van der Waals surface area contributed by atoms with E-state index in [1.165, 1.54) is 4.31 Å². The van der Waals surface area contributed by atoms with Gasteiger partial charge in [0.1, 0.15) is 5.75 Å². The van der Waals surface area contributed by atoms with Gasteiger partial charge in [-0.25, -0.2) is 12.7 Å². The molecular formula is C22H28N2O4S. The van der Waals surface area contributed by atoms with Gasteiger partial charge < -0.3 is 10.1 Å². The third-order valence-corrected chi connectivity index (χ3v) is 6.65. The van der Waals surface area contributed by atoms with Crippen molar-refractivity contribution in [3.8, 4) is 5.75 Å². The lowest BCUT2D eigenvalue weighted by Gasteiger charge is -2.31. The Morgan fingerprint density at radius 3 is 2.48 bits per heavy atom. The van der Waals surface area contributed by atoms with Crippen LogP contribution in [-0.4, -0.2) is 37.8 Å². The zero-order chi connectivity index (χ0) is 20.9. The van der Waals surface area contributed by atoms with Gasteiger partial charge in [-0.2, -0.15) is 0 Å². The smallest absolute Gasteiger partial charge is 0.228 e. The molecule has 156 valence electrons. The number of carbonyl (C=O) groups is 1. The summed E-state index contributed by atoms with van der Waals surface area (Å²) in [5, 5.41) is 2.90. The Bertz CT molecular complexity index is 912. The highest BCUT2D eigenvalue weighted by Crippen LogP contribution is 2.24. The van der Waals surface area contributed by atoms with Gasteiger partial charge in [0.05, 0.1) is 17.8 Å². The number of sulfonamides is 1. The van der Waals surface area contributed by atoms with Crippen molar-refractivity contribution in [2.75, 3.05) is 18.4 Å². The first-order valence-electron chi connectivity index (χ1n) is 9.93. The molecule has 0 unspecified atom stereocenters. The van der Waals surface area contributed by atoms with Crippen molar-refractivity contribution >= 4 is 21.6 Å². The quantitative estimate of drug-likeness (QED) is 0.747. The maximum absolute atomic E-state index is 12.8. The largest absolute Gasteiger partial charge is 0.491 e. The van der Waals surface area contributed by atoms with Gasteiger partial charge in [-0.1, -0.05) is 30.3 Å². The maximum atomic E-state index is 12.8. The van der Waals surface area contributed by atoms with Crippen LogP contribution in [0.4, 0.5) is 5.69 Å². The minimum absolute atomic E-state index is 0.0422. The molecule has 1 atom stereocenters. The summed E-state index contributed by atoms with van der Waals surface area (Å²) in [5.41, 5.74) is 1.43. The molecular weight excluding hydrogens is 388 g/mol. The van der Waals surface area contributed by atoms with Crippen LogP contribution in [0.1, 0.15) is 32.3 Å². The molecule has 1 aliphatic heterocycles. The van der Waals surface area contributed by atoms with Crippen molar-refractivity contribution in [3.05, 3.63) is 60.2 Å². The van der Waals surface area contributed by atoms with Gasteiger partial charge in [-0.05, 0) is 56.5 Å². The van der Waals surface area contributed by atoms with E-state index in [-0.39, 0.29) is 30.2 Å². The minimum Gasteiger partial charge on any atom is -0.491 e. The Kier molecular flexibility index (Phi) is 6.92. The molecule has 6 nitrogen and oxygen atoms in total. The number of hydrogen-bond donors (Lipinski definition) is 1. The first kappa shape index (κ1) is 21.3. The van der Waals surface area contributed by atoms with Crippen LogP contribution in [0, 0.1) is 5.92 Å². The third kappa shape index (κ3) is 6.05. The van der Waals surface area contributed by atoms with E-state index >= 15 is 0 Å². The van der Waals surface area contributed by atoms with Crippen molar-refractivity contribution in [3.63, 3.8) is 0 Å². The molecule has 7 heteroatoms. The number of ether oxygens (including phenoxy) is 1. The molecule has 0 radical (unpaired) electrons. The molecule has 1 fully saturated rings. The Morgan fingerprint density at radius 2 is 1.83 bits per heavy atom. The Hall–Kier alpha value is -2.38. The summed E-state index contributed by atoms with van der Waals surface area (Å²) in [7, 11) is -3.46. The van der Waals surface area contributed by atoms with E-state index in [0.717, 1.165) is 11.3 Å². The molecule has 2 aromatic rings. The fourth-order valence-electron chi connectivity index (χ4n) is 3.42. The van der Waals surface area contributed by atoms with Gasteiger partial charge in [0.25, 0.3) is 0 Å². The second-order valence-corrected chi connectivity index (χ2v) is 9.59. The van der Waals surface area contributed by atoms with E-state index in [1.54, 1.807) is 24.3 Å². The Balaban J connectivity index is 1.60. The van der Waals surface area contributed by atoms with Gasteiger partial charge in [0.2, 0.25) is 15.9 Å². The molecule has 0 saturated carbocycles. The molecule has 1 amide bonds. The Morgan fingerprint density at radius 1 is 1.14 bits per heavy atom. The molecule has 1 aliphatic rings. The number of carbonyl (C=O) groups excluding carboxylic acids is 1. The molecule has 0 spiro atoms. The summed E-state index contributed by atoms with van der Waals surface area (Å²) in [6.45, 7) is 4.59. The molecule has 0 aliphatic carbocycles. The summed E-state index contributed by atoms with van der Waals surface area (Å²) >= 11 is 0. The van der Waals surface area contributed by atoms with Crippen LogP contribution in [0.3, 0.4) is 0 Å². The van der Waals surface area contributed by atoms with Crippen LogP contribution < -0.4 is 10.1 Å². The number of amides is 1. The summed E-state index contributed by atoms with van der Waals surface area (Å²) in [6, 6.07) is 16.3. The number of nitrogens with zero attached hydrogens (tertiary/aromatic N) is 1. The van der Waals surface area contributed by atoms with E-state index in [1.807, 2.05) is 44.2 Å². The van der Waals surface area contributed by atoms with Crippen LogP contribution in [0.25, 0.3) is 0 Å². The predicted octanol–water partition coefficient (Wildman–Crippen LogP) is 3.65. The fraction of sp³-hybridized carbons (Fsp3) is 0.409. The molecule has 2 aromatic carbocycles. The van der Waals surface area contributed by atoms with E-state index < -0.39 is 10.0 Å². The standard InChI is InChI=1S/C22H28N2O4S/c1-17(2)28-21-12-10-20(11-13-21)23-22(25)19-9-6-14-24(15-19)29(26,27)16-18-7-4-3-5-8-18/h3-5,7-8,10-13,17,19H,6,9,14-16H2,1-2H3,(H,23,25)/t19-/m1/s1. The first-order valence-corrected chi connectivity index (χ1v) is 11.5. The van der Waals surface area contributed by atoms with Gasteiger partial charge in [-0.3, -0.25) is 4.79 Å². The van der Waals surface area contributed by atoms with Crippen LogP contribution in [-0.2, 0) is 20.6 Å². The minimum atomic E-state index is -3.46. The predicted molar refractivity (Wildman–Crippen MR) is 114 cm³/mol. The normalized spacial score (nSPS) is 17.8. The SMILES string of the molecule is CC(C)Oc1ccc(NC(=O)[C@@H]2CCCN(S(=O)(=O)Cc3ccccc3)C2)cc1. The van der Waals surface area contributed by atoms with E-state index in [2.05, 4.69) is 5.32 Å². The highest BCUT2D eigenvalue weighted by Gasteiger charge is 2.32. The Labute approximate surface area is 172 Å². The van der Waals surface area contributed by atoms with Crippen molar-refractivity contribution in [2.24, 2.45) is 5.92 Å². The summed E-state index contributed by atoms with van der Waals surface area (Å²) in [4.78, 5) is 12.7. The van der Waals surface area contributed by atoms with Crippen molar-refractivity contribution in [1.82, 2.24) is 4.31 Å². The summed E-state index contributed by atoms with van der Waals surface area (Å²) < 4.78 is 32.6. The van der Waals surface area contributed by atoms with Gasteiger partial charge in [-0.15, -0.1) is 0 Å². The second kappa shape index (κ2) is 9.41. The topological polar surface area (TPSA) is 75.7 Å². The lowest BCUT2D eigenvalue weighted by atomic mass is 9.99. The lowest BCUT2D eigenvalue weighted by molar-refractivity contribution is -0.120. The van der Waals surface area contributed by atoms with E-state index in [9.17, 15) is 13.2 Å². The summed E-state index contributed by atoms with van der Waals surface area (Å²) in [6.07, 6.45) is 1.44. The lowest BCUT2D eigenvalue weighted by Crippen LogP contribution is -2.44. The van der Waals surface area contributed by atoms with E-state index in [0.29, 0.717) is 25.1 Å². The van der Waals surface area contributed by atoms with Gasteiger partial charge in [0, 0.05) is 18.8 Å². The number of benzene rings is 2. The molecule has 0 bridgehead atoms. The molecule has 1 heterocycles. The molecule has 1 N–H and O–H groups in total. The maximum Gasteiger partial charge on any atom is 0.228 e. The monoisotopic (exact) mass is 416 g/mol. The van der Waals surface area contributed by atoms with E-state index in [4.69, 9.17) is 4.74 Å². The number of nitrogens with one attached hydrogen (secondary N) is 1. The van der Waals surface area contributed by atoms with Crippen LogP contribution in [0.2, 0.25) is 0 Å². The highest BCUT2D eigenvalue weighted by molar-refractivity contribution is 7.88. The zero-order valence-corrected chi connectivity index (χ0v) is 17.7. The molecule has 1 saturated heterocycles. The van der Waals surface area contributed by atoms with Gasteiger partial charge >= 0.3 is 0 Å². The zero-order valence-electron chi connectivity index (χ0n) is 16.9. The molecule has 0 aromatic heterocycles. The molecule has 29 heavy (non-hydrogen) atoms. The average molecular weight is 417 g/mol. The van der Waals surface area contributed by atoms with Crippen molar-refractivity contribution in [1.29, 1.82) is 0 Å². The van der Waals surface area contributed by atoms with Gasteiger partial charge in [0.15, 0.2) is 0 Å². The first-order chi connectivity index (χ1) is 13.8. The second-order valence-electron chi connectivity index (χ2n) is 7.62. The number of anilines is 1. The number of piperidine rings is 1. The van der Waals surface area contributed by atoms with Crippen molar-refractivity contribution in [2.45, 2.75) is 38.5 Å². The highest BCUT2D eigenvalue weighted by atomic mass is 32.2.